The van der Waals surface area contributed by atoms with Crippen molar-refractivity contribution in [1.29, 1.82) is 5.41 Å². The van der Waals surface area contributed by atoms with Crippen LogP contribution in [-0.2, 0) is 11.0 Å². The molecule has 3 heterocycles. The van der Waals surface area contributed by atoms with Crippen molar-refractivity contribution in [2.75, 3.05) is 25.5 Å². The van der Waals surface area contributed by atoms with E-state index in [9.17, 15) is 26.7 Å². The van der Waals surface area contributed by atoms with Crippen molar-refractivity contribution in [3.05, 3.63) is 54.4 Å². The van der Waals surface area contributed by atoms with Gasteiger partial charge in [0, 0.05) is 49.7 Å². The number of aromatic nitrogens is 3. The Hall–Kier alpha value is -3.64. The number of likely N-dealkylation sites (tertiary alicyclic amines) is 1. The quantitative estimate of drug-likeness (QED) is 0.400. The molecule has 2 atom stereocenters. The Labute approximate surface area is 198 Å². The summed E-state index contributed by atoms with van der Waals surface area (Å²) in [4.78, 5) is 25.2. The maximum absolute atomic E-state index is 14.4. The van der Waals surface area contributed by atoms with Gasteiger partial charge in [0.1, 0.15) is 11.5 Å². The van der Waals surface area contributed by atoms with Crippen LogP contribution < -0.4 is 10.6 Å². The molecule has 1 amide bonds. The maximum Gasteiger partial charge on any atom is 0.434 e. The molecule has 0 spiro atoms. The minimum atomic E-state index is -4.65. The van der Waals surface area contributed by atoms with E-state index in [1.165, 1.54) is 18.6 Å². The van der Waals surface area contributed by atoms with Gasteiger partial charge in [-0.1, -0.05) is 13.0 Å². The van der Waals surface area contributed by atoms with Crippen LogP contribution in [0.25, 0.3) is 5.57 Å². The number of halogens is 5. The fraction of sp³-hybridized carbons (Fsp3) is 0.409. The van der Waals surface area contributed by atoms with Crippen LogP contribution in [0.15, 0.2) is 43.1 Å². The molecule has 1 aliphatic rings. The lowest BCUT2D eigenvalue weighted by Gasteiger charge is -2.43. The van der Waals surface area contributed by atoms with E-state index in [4.69, 9.17) is 5.41 Å². The number of alkyl halides is 5. The summed E-state index contributed by atoms with van der Waals surface area (Å²) in [5, 5.41) is 14.0. The first-order chi connectivity index (χ1) is 16.4. The third-order valence-corrected chi connectivity index (χ3v) is 5.52. The highest BCUT2D eigenvalue weighted by molar-refractivity contribution is 6.54. The molecule has 8 nitrogen and oxygen atoms in total. The molecule has 3 rings (SSSR count). The van der Waals surface area contributed by atoms with Gasteiger partial charge in [0.05, 0.1) is 25.0 Å². The van der Waals surface area contributed by atoms with Crippen molar-refractivity contribution < 1.29 is 26.7 Å². The molecular weight excluding hydrogens is 473 g/mol. The smallest absolute Gasteiger partial charge is 0.393 e. The molecule has 1 aliphatic heterocycles. The number of carbonyl (C=O) groups is 1. The van der Waals surface area contributed by atoms with Gasteiger partial charge in [0.15, 0.2) is 5.69 Å². The molecule has 3 N–H and O–H groups in total. The number of hydrogen-bond donors (Lipinski definition) is 3. The first-order valence-electron chi connectivity index (χ1n) is 10.6. The SMILES string of the molecule is CN/C=C(\C(=N)C(=O)N1CC(F)(F)C[C@@H](C)C1CNc1cnc(C(F)(F)F)cn1)c1cccnc1. The Morgan fingerprint density at radius 3 is 2.60 bits per heavy atom. The number of pyridine rings is 1. The number of carbonyl (C=O) groups excluding carboxylic acids is 1. The molecule has 1 unspecified atom stereocenters. The minimum absolute atomic E-state index is 0.00358. The normalized spacial score (nSPS) is 20.3. The highest BCUT2D eigenvalue weighted by atomic mass is 19.4. The highest BCUT2D eigenvalue weighted by Gasteiger charge is 2.46. The van der Waals surface area contributed by atoms with E-state index in [1.54, 1.807) is 26.1 Å². The van der Waals surface area contributed by atoms with E-state index in [0.29, 0.717) is 11.8 Å². The summed E-state index contributed by atoms with van der Waals surface area (Å²) in [7, 11) is 1.57. The zero-order valence-electron chi connectivity index (χ0n) is 18.9. The van der Waals surface area contributed by atoms with Crippen LogP contribution in [0.4, 0.5) is 27.8 Å². The van der Waals surface area contributed by atoms with Gasteiger partial charge < -0.3 is 15.5 Å². The first kappa shape index (κ1) is 26.0. The molecule has 1 saturated heterocycles. The second-order valence-electron chi connectivity index (χ2n) is 8.17. The third kappa shape index (κ3) is 6.28. The van der Waals surface area contributed by atoms with Crippen LogP contribution >= 0.6 is 0 Å². The van der Waals surface area contributed by atoms with Crippen molar-refractivity contribution in [3.63, 3.8) is 0 Å². The fourth-order valence-electron chi connectivity index (χ4n) is 3.88. The zero-order valence-corrected chi connectivity index (χ0v) is 18.9. The molecule has 1 fully saturated rings. The van der Waals surface area contributed by atoms with Gasteiger partial charge in [0.25, 0.3) is 11.8 Å². The van der Waals surface area contributed by atoms with E-state index >= 15 is 0 Å². The third-order valence-electron chi connectivity index (χ3n) is 5.52. The van der Waals surface area contributed by atoms with Gasteiger partial charge >= 0.3 is 6.18 Å². The number of piperidine rings is 1. The Bertz CT molecular complexity index is 1070. The van der Waals surface area contributed by atoms with Gasteiger partial charge in [0.2, 0.25) is 0 Å². The number of rotatable bonds is 7. The van der Waals surface area contributed by atoms with Crippen LogP contribution in [0, 0.1) is 11.3 Å². The molecule has 2 aromatic rings. The van der Waals surface area contributed by atoms with Gasteiger partial charge in [-0.15, -0.1) is 0 Å². The number of hydrogen-bond acceptors (Lipinski definition) is 7. The number of amides is 1. The minimum Gasteiger partial charge on any atom is -0.393 e. The zero-order chi connectivity index (χ0) is 25.8. The Kier molecular flexibility index (Phi) is 7.66. The number of nitrogens with one attached hydrogen (secondary N) is 3. The average molecular weight is 497 g/mol. The van der Waals surface area contributed by atoms with Gasteiger partial charge in [-0.3, -0.25) is 15.2 Å². The average Bonchev–Trinajstić information content (AvgIpc) is 2.80. The summed E-state index contributed by atoms with van der Waals surface area (Å²) in [5.41, 5.74) is -1.05. The number of anilines is 1. The van der Waals surface area contributed by atoms with E-state index in [-0.39, 0.29) is 17.9 Å². The summed E-state index contributed by atoms with van der Waals surface area (Å²) >= 11 is 0. The fourth-order valence-corrected chi connectivity index (χ4v) is 3.88. The van der Waals surface area contributed by atoms with Crippen molar-refractivity contribution >= 4 is 23.0 Å². The van der Waals surface area contributed by atoms with Crippen LogP contribution in [0.3, 0.4) is 0 Å². The lowest BCUT2D eigenvalue weighted by Crippen LogP contribution is -2.58. The van der Waals surface area contributed by atoms with Gasteiger partial charge in [-0.25, -0.2) is 18.7 Å². The Balaban J connectivity index is 1.83. The Morgan fingerprint density at radius 1 is 1.29 bits per heavy atom. The lowest BCUT2D eigenvalue weighted by molar-refractivity contribution is -0.145. The molecule has 188 valence electrons. The molecular formula is C22H24F5N7O. The summed E-state index contributed by atoms with van der Waals surface area (Å²) in [6.07, 6.45) is 0.680. The molecule has 0 radical (unpaired) electrons. The van der Waals surface area contributed by atoms with Crippen LogP contribution in [0.1, 0.15) is 24.6 Å². The maximum atomic E-state index is 14.4. The van der Waals surface area contributed by atoms with Crippen molar-refractivity contribution in [2.24, 2.45) is 5.92 Å². The van der Waals surface area contributed by atoms with E-state index < -0.39 is 54.3 Å². The van der Waals surface area contributed by atoms with Gasteiger partial charge in [-0.05, 0) is 12.0 Å². The highest BCUT2D eigenvalue weighted by Crippen LogP contribution is 2.35. The van der Waals surface area contributed by atoms with Crippen molar-refractivity contribution in [3.8, 4) is 0 Å². The van der Waals surface area contributed by atoms with Crippen LogP contribution in [-0.4, -0.2) is 63.6 Å². The summed E-state index contributed by atoms with van der Waals surface area (Å²) < 4.78 is 67.0. The molecule has 0 bridgehead atoms. The summed E-state index contributed by atoms with van der Waals surface area (Å²) in [6, 6.07) is 2.47. The van der Waals surface area contributed by atoms with Crippen LogP contribution in [0.2, 0.25) is 0 Å². The van der Waals surface area contributed by atoms with Crippen LogP contribution in [0.5, 0.6) is 0 Å². The standard InChI is InChI=1S/C22H24F5N7O/c1-13-6-21(23,24)12-34(16(13)9-32-18-11-31-17(10-33-18)22(25,26)27)20(35)19(28)15(8-29-2)14-4-3-5-30-7-14/h3-5,7-8,10-11,13,16,28-29H,6,9,12H2,1-2H3,(H,32,33)/b15-8-,28-19?/t13-,16?/m1/s1. The van der Waals surface area contributed by atoms with E-state index in [2.05, 4.69) is 25.6 Å². The monoisotopic (exact) mass is 497 g/mol. The molecule has 0 saturated carbocycles. The van der Waals surface area contributed by atoms with Crippen molar-refractivity contribution in [1.82, 2.24) is 25.2 Å². The molecule has 2 aromatic heterocycles. The van der Waals surface area contributed by atoms with Crippen molar-refractivity contribution in [2.45, 2.75) is 31.5 Å². The van der Waals surface area contributed by atoms with E-state index in [0.717, 1.165) is 11.1 Å². The Morgan fingerprint density at radius 2 is 2.03 bits per heavy atom. The lowest BCUT2D eigenvalue weighted by atomic mass is 9.87. The molecule has 0 aliphatic carbocycles. The molecule has 35 heavy (non-hydrogen) atoms. The molecule has 13 heteroatoms. The molecule has 0 aromatic carbocycles. The number of nitrogens with zero attached hydrogens (tertiary/aromatic N) is 4. The second kappa shape index (κ2) is 10.3. The van der Waals surface area contributed by atoms with E-state index in [1.807, 2.05) is 0 Å². The predicted molar refractivity (Wildman–Crippen MR) is 119 cm³/mol. The largest absolute Gasteiger partial charge is 0.434 e. The predicted octanol–water partition coefficient (Wildman–Crippen LogP) is 3.45. The topological polar surface area (TPSA) is 107 Å². The second-order valence-corrected chi connectivity index (χ2v) is 8.17. The first-order valence-corrected chi connectivity index (χ1v) is 10.6. The summed E-state index contributed by atoms with van der Waals surface area (Å²) in [6.45, 7) is 0.574. The van der Waals surface area contributed by atoms with Gasteiger partial charge in [-0.2, -0.15) is 13.2 Å². The summed E-state index contributed by atoms with van der Waals surface area (Å²) in [5.74, 6) is -4.76.